The molecule has 3 rings (SSSR count). The molecule has 0 bridgehead atoms. The molecule has 2 N–H and O–H groups in total. The third kappa shape index (κ3) is 3.90. The number of benzene rings is 2. The number of para-hydroxylation sites is 1. The molecule has 3 aromatic rings. The molecule has 0 spiro atoms. The minimum absolute atomic E-state index is 0.622. The number of nitrogens with zero attached hydrogens (tertiary/aromatic N) is 2. The van der Waals surface area contributed by atoms with Crippen molar-refractivity contribution in [3.8, 4) is 0 Å². The minimum Gasteiger partial charge on any atom is -0.369 e. The van der Waals surface area contributed by atoms with Gasteiger partial charge in [0.1, 0.15) is 5.82 Å². The largest absolute Gasteiger partial charge is 0.369 e. The molecule has 2 aromatic carbocycles. The van der Waals surface area contributed by atoms with Crippen LogP contribution in [0.1, 0.15) is 18.9 Å². The predicted molar refractivity (Wildman–Crippen MR) is 97.1 cm³/mol. The van der Waals surface area contributed by atoms with Gasteiger partial charge in [0.15, 0.2) is 0 Å². The van der Waals surface area contributed by atoms with E-state index in [1.165, 1.54) is 0 Å². The fourth-order valence-electron chi connectivity index (χ4n) is 2.32. The molecule has 1 heterocycles. The van der Waals surface area contributed by atoms with Gasteiger partial charge in [0, 0.05) is 23.5 Å². The Labute approximate surface area is 140 Å². The molecule has 23 heavy (non-hydrogen) atoms. The molecule has 0 unspecified atom stereocenters. The van der Waals surface area contributed by atoms with Gasteiger partial charge in [0.25, 0.3) is 0 Å². The Bertz CT molecular complexity index is 787. The first-order valence-electron chi connectivity index (χ1n) is 7.75. The normalized spacial score (nSPS) is 10.7. The van der Waals surface area contributed by atoms with Crippen molar-refractivity contribution in [3.05, 3.63) is 59.1 Å². The third-order valence-corrected chi connectivity index (χ3v) is 3.76. The summed E-state index contributed by atoms with van der Waals surface area (Å²) >= 11 is 5.91. The topological polar surface area (TPSA) is 49.8 Å². The van der Waals surface area contributed by atoms with Gasteiger partial charge in [-0.2, -0.15) is 4.98 Å². The second-order valence-electron chi connectivity index (χ2n) is 5.32. The summed E-state index contributed by atoms with van der Waals surface area (Å²) < 4.78 is 0. The van der Waals surface area contributed by atoms with E-state index in [4.69, 9.17) is 11.6 Å². The Morgan fingerprint density at radius 3 is 2.52 bits per heavy atom. The Morgan fingerprint density at radius 2 is 1.74 bits per heavy atom. The maximum Gasteiger partial charge on any atom is 0.225 e. The lowest BCUT2D eigenvalue weighted by molar-refractivity contribution is 0.967. The third-order valence-electron chi connectivity index (χ3n) is 3.51. The highest BCUT2D eigenvalue weighted by molar-refractivity contribution is 6.30. The van der Waals surface area contributed by atoms with Gasteiger partial charge in [-0.05, 0) is 36.2 Å². The zero-order valence-electron chi connectivity index (χ0n) is 13.0. The molecular formula is C18H19ClN4. The van der Waals surface area contributed by atoms with Crippen LogP contribution in [0.25, 0.3) is 10.9 Å². The molecule has 0 saturated heterocycles. The summed E-state index contributed by atoms with van der Waals surface area (Å²) in [6, 6.07) is 15.8. The monoisotopic (exact) mass is 326 g/mol. The molecular weight excluding hydrogens is 308 g/mol. The molecule has 5 heteroatoms. The summed E-state index contributed by atoms with van der Waals surface area (Å²) in [4.78, 5) is 9.20. The van der Waals surface area contributed by atoms with Crippen molar-refractivity contribution >= 4 is 34.3 Å². The van der Waals surface area contributed by atoms with Gasteiger partial charge < -0.3 is 10.6 Å². The summed E-state index contributed by atoms with van der Waals surface area (Å²) in [5.74, 6) is 1.49. The van der Waals surface area contributed by atoms with Crippen molar-refractivity contribution in [3.63, 3.8) is 0 Å². The zero-order valence-corrected chi connectivity index (χ0v) is 13.8. The van der Waals surface area contributed by atoms with Crippen molar-refractivity contribution in [2.24, 2.45) is 0 Å². The molecule has 0 fully saturated rings. The van der Waals surface area contributed by atoms with Crippen LogP contribution in [0.5, 0.6) is 0 Å². The fraction of sp³-hybridized carbons (Fsp3) is 0.222. The van der Waals surface area contributed by atoms with Crippen molar-refractivity contribution in [2.75, 3.05) is 17.2 Å². The van der Waals surface area contributed by atoms with E-state index in [0.717, 1.165) is 40.3 Å². The van der Waals surface area contributed by atoms with E-state index < -0.39 is 0 Å². The summed E-state index contributed by atoms with van der Waals surface area (Å²) in [6.07, 6.45) is 1.05. The number of rotatable bonds is 6. The van der Waals surface area contributed by atoms with Crippen LogP contribution in [0.4, 0.5) is 11.8 Å². The van der Waals surface area contributed by atoms with E-state index in [-0.39, 0.29) is 0 Å². The summed E-state index contributed by atoms with van der Waals surface area (Å²) in [6.45, 7) is 3.68. The van der Waals surface area contributed by atoms with Gasteiger partial charge in [-0.25, -0.2) is 4.98 Å². The molecule has 0 atom stereocenters. The standard InChI is InChI=1S/C18H19ClN4/c1-2-11-20-17-15-5-3-4-6-16(15)22-18(23-17)21-12-13-7-9-14(19)10-8-13/h3-10H,2,11-12H2,1H3,(H2,20,21,22,23). The number of aromatic nitrogens is 2. The van der Waals surface area contributed by atoms with Gasteiger partial charge >= 0.3 is 0 Å². The average Bonchev–Trinajstić information content (AvgIpc) is 2.59. The summed E-state index contributed by atoms with van der Waals surface area (Å²) in [7, 11) is 0. The van der Waals surface area contributed by atoms with Crippen LogP contribution < -0.4 is 10.6 Å². The number of anilines is 2. The second kappa shape index (κ2) is 7.29. The highest BCUT2D eigenvalue weighted by Gasteiger charge is 2.06. The van der Waals surface area contributed by atoms with Crippen molar-refractivity contribution < 1.29 is 0 Å². The van der Waals surface area contributed by atoms with E-state index in [1.807, 2.05) is 48.5 Å². The van der Waals surface area contributed by atoms with Gasteiger partial charge in [0.2, 0.25) is 5.95 Å². The van der Waals surface area contributed by atoms with Crippen LogP contribution in [0.2, 0.25) is 5.02 Å². The first-order valence-corrected chi connectivity index (χ1v) is 8.13. The van der Waals surface area contributed by atoms with Crippen molar-refractivity contribution in [1.29, 1.82) is 0 Å². The lowest BCUT2D eigenvalue weighted by atomic mass is 10.2. The first-order chi connectivity index (χ1) is 11.3. The van der Waals surface area contributed by atoms with E-state index in [1.54, 1.807) is 0 Å². The maximum absolute atomic E-state index is 5.91. The number of halogens is 1. The number of fused-ring (bicyclic) bond motifs is 1. The van der Waals surface area contributed by atoms with Crippen LogP contribution in [0.15, 0.2) is 48.5 Å². The summed E-state index contributed by atoms with van der Waals surface area (Å²) in [5.41, 5.74) is 2.06. The molecule has 0 saturated carbocycles. The molecule has 0 aliphatic rings. The first kappa shape index (κ1) is 15.6. The summed E-state index contributed by atoms with van der Waals surface area (Å²) in [5, 5.41) is 8.44. The van der Waals surface area contributed by atoms with Crippen LogP contribution >= 0.6 is 11.6 Å². The molecule has 0 aliphatic heterocycles. The molecule has 0 aliphatic carbocycles. The van der Waals surface area contributed by atoms with Crippen LogP contribution in [0.3, 0.4) is 0 Å². The van der Waals surface area contributed by atoms with Gasteiger partial charge in [0.05, 0.1) is 5.52 Å². The Hall–Kier alpha value is -2.33. The fourth-order valence-corrected chi connectivity index (χ4v) is 2.44. The molecule has 4 nitrogen and oxygen atoms in total. The average molecular weight is 327 g/mol. The van der Waals surface area contributed by atoms with E-state index in [9.17, 15) is 0 Å². The Kier molecular flexibility index (Phi) is 4.93. The molecule has 118 valence electrons. The van der Waals surface area contributed by atoms with E-state index >= 15 is 0 Å². The molecule has 0 radical (unpaired) electrons. The van der Waals surface area contributed by atoms with E-state index in [0.29, 0.717) is 12.5 Å². The Balaban J connectivity index is 1.83. The highest BCUT2D eigenvalue weighted by Crippen LogP contribution is 2.22. The van der Waals surface area contributed by atoms with Crippen LogP contribution in [0, 0.1) is 0 Å². The van der Waals surface area contributed by atoms with E-state index in [2.05, 4.69) is 27.5 Å². The molecule has 1 aromatic heterocycles. The lowest BCUT2D eigenvalue weighted by Crippen LogP contribution is -2.08. The maximum atomic E-state index is 5.91. The van der Waals surface area contributed by atoms with Crippen LogP contribution in [-0.2, 0) is 6.54 Å². The second-order valence-corrected chi connectivity index (χ2v) is 5.76. The number of hydrogen-bond acceptors (Lipinski definition) is 4. The quantitative estimate of drug-likeness (QED) is 0.688. The smallest absolute Gasteiger partial charge is 0.225 e. The number of hydrogen-bond donors (Lipinski definition) is 2. The predicted octanol–water partition coefficient (Wildman–Crippen LogP) is 4.72. The zero-order chi connectivity index (χ0) is 16.1. The van der Waals surface area contributed by atoms with Gasteiger partial charge in [-0.3, -0.25) is 0 Å². The van der Waals surface area contributed by atoms with Gasteiger partial charge in [-0.1, -0.05) is 42.8 Å². The van der Waals surface area contributed by atoms with Crippen molar-refractivity contribution in [1.82, 2.24) is 9.97 Å². The Morgan fingerprint density at radius 1 is 0.957 bits per heavy atom. The minimum atomic E-state index is 0.622. The highest BCUT2D eigenvalue weighted by atomic mass is 35.5. The van der Waals surface area contributed by atoms with Gasteiger partial charge in [-0.15, -0.1) is 0 Å². The van der Waals surface area contributed by atoms with Crippen molar-refractivity contribution in [2.45, 2.75) is 19.9 Å². The lowest BCUT2D eigenvalue weighted by Gasteiger charge is -2.11. The molecule has 0 amide bonds. The van der Waals surface area contributed by atoms with Crippen LogP contribution in [-0.4, -0.2) is 16.5 Å². The number of nitrogens with one attached hydrogen (secondary N) is 2. The SMILES string of the molecule is CCCNc1nc(NCc2ccc(Cl)cc2)nc2ccccc12.